The zero-order valence-corrected chi connectivity index (χ0v) is 11.1. The number of fused-ring (bicyclic) bond motifs is 1. The van der Waals surface area contributed by atoms with Crippen LogP contribution in [0.4, 0.5) is 0 Å². The lowest BCUT2D eigenvalue weighted by molar-refractivity contribution is 1.55. The molecule has 2 nitrogen and oxygen atoms in total. The molecule has 0 aliphatic heterocycles. The number of hydrogen-bond acceptors (Lipinski definition) is 3. The van der Waals surface area contributed by atoms with Crippen molar-refractivity contribution in [2.24, 2.45) is 0 Å². The molecule has 1 aromatic heterocycles. The molecule has 6 heteroatoms. The number of rotatable bonds is 0. The minimum absolute atomic E-state index is 0.890. The minimum Gasteiger partial charge on any atom is -0.172 e. The van der Waals surface area contributed by atoms with E-state index in [1.165, 1.54) is 11.7 Å². The van der Waals surface area contributed by atoms with Crippen LogP contribution in [0.15, 0.2) is 19.5 Å². The predicted octanol–water partition coefficient (Wildman–Crippen LogP) is 3.98. The van der Waals surface area contributed by atoms with Crippen LogP contribution >= 0.6 is 59.5 Å². The molecule has 0 unspecified atom stereocenters. The SMILES string of the molecule is Brc1cc(Br)c2nsnc2c1Br. The molecule has 1 heterocycles. The molecule has 0 aliphatic carbocycles. The molecule has 0 spiro atoms. The fraction of sp³-hybridized carbons (Fsp3) is 0. The molecular formula is C6HBr3N2S. The number of halogens is 3. The van der Waals surface area contributed by atoms with Gasteiger partial charge in [0.1, 0.15) is 11.0 Å². The summed E-state index contributed by atoms with van der Waals surface area (Å²) in [5.74, 6) is 0. The van der Waals surface area contributed by atoms with E-state index in [2.05, 4.69) is 56.5 Å². The lowest BCUT2D eigenvalue weighted by Gasteiger charge is -1.97. The quantitative estimate of drug-likeness (QED) is 0.654. The largest absolute Gasteiger partial charge is 0.172 e. The Morgan fingerprint density at radius 2 is 1.67 bits per heavy atom. The van der Waals surface area contributed by atoms with Crippen LogP contribution in [-0.4, -0.2) is 8.75 Å². The van der Waals surface area contributed by atoms with E-state index < -0.39 is 0 Å². The van der Waals surface area contributed by atoms with Gasteiger partial charge in [0, 0.05) is 8.95 Å². The Hall–Kier alpha value is 0.480. The Kier molecular flexibility index (Phi) is 2.51. The number of nitrogens with zero attached hydrogens (tertiary/aromatic N) is 2. The predicted molar refractivity (Wildman–Crippen MR) is 60.5 cm³/mol. The standard InChI is InChI=1S/C6HBr3N2S/c7-2-1-3(8)5-6(4(2)9)11-12-10-5/h1H. The summed E-state index contributed by atoms with van der Waals surface area (Å²) < 4.78 is 11.2. The van der Waals surface area contributed by atoms with Crippen LogP contribution in [0.2, 0.25) is 0 Å². The van der Waals surface area contributed by atoms with E-state index >= 15 is 0 Å². The van der Waals surface area contributed by atoms with Crippen LogP contribution in [0.1, 0.15) is 0 Å². The second-order valence-electron chi connectivity index (χ2n) is 2.12. The molecule has 0 saturated carbocycles. The fourth-order valence-electron chi connectivity index (χ4n) is 0.845. The Bertz CT molecular complexity index is 440. The van der Waals surface area contributed by atoms with Gasteiger partial charge in [0.15, 0.2) is 0 Å². The summed E-state index contributed by atoms with van der Waals surface area (Å²) in [5.41, 5.74) is 1.79. The van der Waals surface area contributed by atoms with Gasteiger partial charge in [-0.2, -0.15) is 8.75 Å². The molecule has 0 N–H and O–H groups in total. The first-order valence-electron chi connectivity index (χ1n) is 2.96. The molecule has 0 aliphatic rings. The lowest BCUT2D eigenvalue weighted by Crippen LogP contribution is -1.76. The first-order chi connectivity index (χ1) is 5.70. The molecular weight excluding hydrogens is 372 g/mol. The van der Waals surface area contributed by atoms with Gasteiger partial charge in [0.05, 0.1) is 16.2 Å². The van der Waals surface area contributed by atoms with Gasteiger partial charge in [-0.15, -0.1) is 0 Å². The average molecular weight is 373 g/mol. The van der Waals surface area contributed by atoms with Gasteiger partial charge in [-0.05, 0) is 53.9 Å². The molecule has 62 valence electrons. The van der Waals surface area contributed by atoms with Gasteiger partial charge in [0.25, 0.3) is 0 Å². The Balaban J connectivity index is 2.97. The van der Waals surface area contributed by atoms with Crippen molar-refractivity contribution < 1.29 is 0 Å². The number of hydrogen-bond donors (Lipinski definition) is 0. The molecule has 0 fully saturated rings. The van der Waals surface area contributed by atoms with Gasteiger partial charge in [-0.3, -0.25) is 0 Å². The second kappa shape index (κ2) is 3.32. The van der Waals surface area contributed by atoms with E-state index in [-0.39, 0.29) is 0 Å². The second-order valence-corrected chi connectivity index (χ2v) is 5.15. The number of benzene rings is 1. The van der Waals surface area contributed by atoms with Crippen molar-refractivity contribution in [3.8, 4) is 0 Å². The summed E-state index contributed by atoms with van der Waals surface area (Å²) in [5, 5.41) is 0. The highest BCUT2D eigenvalue weighted by molar-refractivity contribution is 9.13. The van der Waals surface area contributed by atoms with E-state index in [9.17, 15) is 0 Å². The van der Waals surface area contributed by atoms with Gasteiger partial charge >= 0.3 is 0 Å². The molecule has 2 rings (SSSR count). The van der Waals surface area contributed by atoms with Crippen molar-refractivity contribution in [1.29, 1.82) is 0 Å². The Morgan fingerprint density at radius 3 is 2.42 bits per heavy atom. The highest BCUT2D eigenvalue weighted by Crippen LogP contribution is 2.34. The highest BCUT2D eigenvalue weighted by atomic mass is 79.9. The summed E-state index contributed by atoms with van der Waals surface area (Å²) in [4.78, 5) is 0. The van der Waals surface area contributed by atoms with E-state index in [1.807, 2.05) is 6.07 Å². The zero-order chi connectivity index (χ0) is 8.72. The fourth-order valence-corrected chi connectivity index (χ4v) is 3.27. The molecule has 0 saturated heterocycles. The summed E-state index contributed by atoms with van der Waals surface area (Å²) in [7, 11) is 0. The van der Waals surface area contributed by atoms with E-state index in [0.717, 1.165) is 24.5 Å². The van der Waals surface area contributed by atoms with Crippen molar-refractivity contribution >= 4 is 70.6 Å². The van der Waals surface area contributed by atoms with Crippen molar-refractivity contribution in [2.75, 3.05) is 0 Å². The Morgan fingerprint density at radius 1 is 1.00 bits per heavy atom. The molecule has 2 aromatic rings. The van der Waals surface area contributed by atoms with Crippen molar-refractivity contribution in [2.45, 2.75) is 0 Å². The summed E-state index contributed by atoms with van der Waals surface area (Å²) in [6, 6.07) is 1.95. The monoisotopic (exact) mass is 370 g/mol. The molecule has 1 aromatic carbocycles. The maximum atomic E-state index is 4.16. The van der Waals surface area contributed by atoms with E-state index in [1.54, 1.807) is 0 Å². The van der Waals surface area contributed by atoms with Crippen molar-refractivity contribution in [1.82, 2.24) is 8.75 Å². The van der Waals surface area contributed by atoms with Crippen LogP contribution in [0.25, 0.3) is 11.0 Å². The van der Waals surface area contributed by atoms with Crippen molar-refractivity contribution in [3.63, 3.8) is 0 Å². The third kappa shape index (κ3) is 1.34. The molecule has 0 bridgehead atoms. The Labute approximate surface area is 98.1 Å². The van der Waals surface area contributed by atoms with Crippen LogP contribution in [0.5, 0.6) is 0 Å². The van der Waals surface area contributed by atoms with Crippen LogP contribution in [-0.2, 0) is 0 Å². The smallest absolute Gasteiger partial charge is 0.121 e. The van der Waals surface area contributed by atoms with Crippen LogP contribution in [0.3, 0.4) is 0 Å². The minimum atomic E-state index is 0.890. The van der Waals surface area contributed by atoms with Gasteiger partial charge in [-0.25, -0.2) is 0 Å². The maximum absolute atomic E-state index is 4.16. The van der Waals surface area contributed by atoms with Crippen LogP contribution in [0, 0.1) is 0 Å². The molecule has 0 amide bonds. The summed E-state index contributed by atoms with van der Waals surface area (Å²) >= 11 is 11.5. The normalized spacial score (nSPS) is 10.9. The topological polar surface area (TPSA) is 25.8 Å². The summed E-state index contributed by atoms with van der Waals surface area (Å²) in [6.45, 7) is 0. The van der Waals surface area contributed by atoms with Gasteiger partial charge in [0.2, 0.25) is 0 Å². The third-order valence-electron chi connectivity index (χ3n) is 1.39. The summed E-state index contributed by atoms with van der Waals surface area (Å²) in [6.07, 6.45) is 0. The van der Waals surface area contributed by atoms with E-state index in [4.69, 9.17) is 0 Å². The number of aromatic nitrogens is 2. The lowest BCUT2D eigenvalue weighted by atomic mass is 10.3. The van der Waals surface area contributed by atoms with Gasteiger partial charge in [-0.1, -0.05) is 0 Å². The molecule has 0 radical (unpaired) electrons. The van der Waals surface area contributed by atoms with Crippen molar-refractivity contribution in [3.05, 3.63) is 19.5 Å². The third-order valence-corrected chi connectivity index (χ3v) is 4.48. The van der Waals surface area contributed by atoms with Crippen LogP contribution < -0.4 is 0 Å². The maximum Gasteiger partial charge on any atom is 0.121 e. The first kappa shape index (κ1) is 9.05. The first-order valence-corrected chi connectivity index (χ1v) is 6.07. The van der Waals surface area contributed by atoms with E-state index in [0.29, 0.717) is 0 Å². The zero-order valence-electron chi connectivity index (χ0n) is 5.51. The molecule has 12 heavy (non-hydrogen) atoms. The average Bonchev–Trinajstić information content (AvgIpc) is 2.48. The van der Waals surface area contributed by atoms with Gasteiger partial charge < -0.3 is 0 Å². The molecule has 0 atom stereocenters. The highest BCUT2D eigenvalue weighted by Gasteiger charge is 2.10.